The summed E-state index contributed by atoms with van der Waals surface area (Å²) in [5.74, 6) is -0.181. The summed E-state index contributed by atoms with van der Waals surface area (Å²) in [6, 6.07) is 23.8. The van der Waals surface area contributed by atoms with Gasteiger partial charge in [0.2, 0.25) is 0 Å². The highest BCUT2D eigenvalue weighted by Gasteiger charge is 2.10. The van der Waals surface area contributed by atoms with Gasteiger partial charge in [0.25, 0.3) is 11.4 Å². The Morgan fingerprint density at radius 2 is 1.17 bits per heavy atom. The van der Waals surface area contributed by atoms with Crippen LogP contribution in [0.4, 0.5) is 20.2 Å². The lowest BCUT2D eigenvalue weighted by molar-refractivity contribution is -0.385. The molecule has 0 aliphatic heterocycles. The van der Waals surface area contributed by atoms with Crippen LogP contribution in [0.15, 0.2) is 108 Å². The number of nitrogens with zero attached hydrogens (tertiary/aromatic N) is 2. The minimum absolute atomic E-state index is 0.0125. The Kier molecular flexibility index (Phi) is 12.1. The summed E-state index contributed by atoms with van der Waals surface area (Å²) in [5.41, 5.74) is 2.46. The zero-order chi connectivity index (χ0) is 30.5. The van der Waals surface area contributed by atoms with Crippen molar-refractivity contribution in [3.63, 3.8) is 0 Å². The maximum atomic E-state index is 12.8. The molecule has 0 bridgehead atoms. The number of halogens is 2. The topological polar surface area (TPSA) is 120 Å². The van der Waals surface area contributed by atoms with Crippen molar-refractivity contribution in [2.24, 2.45) is 0 Å². The molecule has 216 valence electrons. The molecule has 0 aromatic heterocycles. The smallest absolute Gasteiger partial charge is 0.258 e. The molecule has 0 aliphatic carbocycles. The summed E-state index contributed by atoms with van der Waals surface area (Å²) in [5, 5.41) is 24.4. The molecule has 0 heterocycles. The van der Waals surface area contributed by atoms with Gasteiger partial charge in [-0.25, -0.2) is 8.78 Å². The summed E-state index contributed by atoms with van der Waals surface area (Å²) >= 11 is 0. The van der Waals surface area contributed by atoms with Gasteiger partial charge in [-0.2, -0.15) is 0 Å². The van der Waals surface area contributed by atoms with E-state index in [9.17, 15) is 37.4 Å². The summed E-state index contributed by atoms with van der Waals surface area (Å²) in [6.45, 7) is 0. The Bertz CT molecular complexity index is 1640. The van der Waals surface area contributed by atoms with Crippen LogP contribution in [0.1, 0.15) is 22.3 Å². The number of hydrogen-bond donors (Lipinski definition) is 0. The highest BCUT2D eigenvalue weighted by Crippen LogP contribution is 2.20. The first-order chi connectivity index (χ1) is 20.1. The van der Waals surface area contributed by atoms with Crippen molar-refractivity contribution < 1.29 is 27.0 Å². The van der Waals surface area contributed by atoms with E-state index in [4.69, 9.17) is 0 Å². The zero-order valence-corrected chi connectivity index (χ0v) is 23.5. The number of nitro groups is 2. The summed E-state index contributed by atoms with van der Waals surface area (Å²) < 4.78 is 49.3. The predicted octanol–water partition coefficient (Wildman–Crippen LogP) is 7.31. The number of nitro benzene ring substituents is 2. The van der Waals surface area contributed by atoms with Crippen molar-refractivity contribution in [2.45, 2.75) is 11.5 Å². The van der Waals surface area contributed by atoms with Crippen LogP contribution < -0.4 is 0 Å². The van der Waals surface area contributed by atoms with Gasteiger partial charge in [0, 0.05) is 29.0 Å². The van der Waals surface area contributed by atoms with Gasteiger partial charge in [-0.1, -0.05) is 48.5 Å². The number of benzene rings is 4. The van der Waals surface area contributed by atoms with Crippen LogP contribution >= 0.6 is 0 Å². The minimum atomic E-state index is -1.33. The molecule has 8 nitrogen and oxygen atoms in total. The molecule has 0 amide bonds. The summed E-state index contributed by atoms with van der Waals surface area (Å²) in [7, 11) is -2.59. The van der Waals surface area contributed by atoms with E-state index in [0.29, 0.717) is 11.1 Å². The van der Waals surface area contributed by atoms with E-state index in [1.807, 2.05) is 0 Å². The van der Waals surface area contributed by atoms with E-state index in [0.717, 1.165) is 11.1 Å². The van der Waals surface area contributed by atoms with E-state index in [-0.39, 0.29) is 34.5 Å². The first-order valence-corrected chi connectivity index (χ1v) is 14.9. The third-order valence-electron chi connectivity index (χ3n) is 5.47. The Labute approximate surface area is 245 Å². The van der Waals surface area contributed by atoms with Crippen LogP contribution in [0.2, 0.25) is 0 Å². The molecule has 4 aromatic rings. The van der Waals surface area contributed by atoms with Crippen molar-refractivity contribution in [1.82, 2.24) is 0 Å². The van der Waals surface area contributed by atoms with E-state index in [2.05, 4.69) is 0 Å². The van der Waals surface area contributed by atoms with E-state index < -0.39 is 31.4 Å². The van der Waals surface area contributed by atoms with Crippen molar-refractivity contribution in [1.29, 1.82) is 0 Å². The molecule has 0 fully saturated rings. The lowest BCUT2D eigenvalue weighted by Crippen LogP contribution is -1.93. The highest BCUT2D eigenvalue weighted by molar-refractivity contribution is 7.87. The lowest BCUT2D eigenvalue weighted by atomic mass is 10.2. The third kappa shape index (κ3) is 10.7. The van der Waals surface area contributed by atoms with Crippen LogP contribution in [0.25, 0.3) is 12.2 Å². The van der Waals surface area contributed by atoms with E-state index >= 15 is 0 Å². The molecule has 0 saturated heterocycles. The van der Waals surface area contributed by atoms with Crippen molar-refractivity contribution in [2.75, 3.05) is 0 Å². The van der Waals surface area contributed by atoms with Gasteiger partial charge >= 0.3 is 0 Å². The number of rotatable bonds is 10. The second-order valence-corrected chi connectivity index (χ2v) is 11.2. The van der Waals surface area contributed by atoms with Gasteiger partial charge in [-0.15, -0.1) is 0 Å². The standard InChI is InChI=1S/2C15H12FNO3S/c16-14-6-4-13(5-7-14)11-21(20)9-8-12-2-1-3-15(10-12)17(18)19;16-14-7-5-12(6-8-14)11-21(20)10-9-13-3-1-2-4-15(13)17(18)19/h2*1-10H,11H2/b;10-9+. The van der Waals surface area contributed by atoms with Gasteiger partial charge in [0.05, 0.1) is 48.5 Å². The first-order valence-electron chi connectivity index (χ1n) is 12.2. The summed E-state index contributed by atoms with van der Waals surface area (Å²) in [6.07, 6.45) is 3.05. The molecule has 4 aromatic carbocycles. The Morgan fingerprint density at radius 1 is 0.643 bits per heavy atom. The number of hydrogen-bond acceptors (Lipinski definition) is 6. The molecule has 42 heavy (non-hydrogen) atoms. The van der Waals surface area contributed by atoms with Crippen molar-refractivity contribution in [3.05, 3.63) is 162 Å². The van der Waals surface area contributed by atoms with Gasteiger partial charge in [-0.05, 0) is 59.2 Å². The maximum Gasteiger partial charge on any atom is 0.276 e. The molecule has 0 spiro atoms. The highest BCUT2D eigenvalue weighted by atomic mass is 32.2. The monoisotopic (exact) mass is 610 g/mol. The van der Waals surface area contributed by atoms with Gasteiger partial charge in [0.15, 0.2) is 0 Å². The average Bonchev–Trinajstić information content (AvgIpc) is 2.98. The Hall–Kier alpha value is -4.68. The van der Waals surface area contributed by atoms with E-state index in [1.54, 1.807) is 60.7 Å². The van der Waals surface area contributed by atoms with Crippen molar-refractivity contribution >= 4 is 45.1 Å². The molecule has 0 N–H and O–H groups in total. The lowest BCUT2D eigenvalue weighted by Gasteiger charge is -1.99. The van der Waals surface area contributed by atoms with Crippen molar-refractivity contribution in [3.8, 4) is 0 Å². The molecule has 2 unspecified atom stereocenters. The zero-order valence-electron chi connectivity index (χ0n) is 21.9. The second-order valence-electron chi connectivity index (χ2n) is 8.58. The van der Waals surface area contributed by atoms with Crippen LogP contribution in [0, 0.1) is 31.9 Å². The van der Waals surface area contributed by atoms with Gasteiger partial charge in [0.1, 0.15) is 11.6 Å². The quantitative estimate of drug-likeness (QED) is 0.137. The minimum Gasteiger partial charge on any atom is -0.258 e. The van der Waals surface area contributed by atoms with Crippen LogP contribution in [0.3, 0.4) is 0 Å². The molecule has 4 rings (SSSR count). The van der Waals surface area contributed by atoms with E-state index in [1.165, 1.54) is 59.4 Å². The third-order valence-corrected chi connectivity index (χ3v) is 7.59. The largest absolute Gasteiger partial charge is 0.276 e. The average molecular weight is 611 g/mol. The predicted molar refractivity (Wildman–Crippen MR) is 161 cm³/mol. The van der Waals surface area contributed by atoms with Gasteiger partial charge < -0.3 is 0 Å². The molecule has 0 saturated carbocycles. The molecule has 0 aliphatic rings. The van der Waals surface area contributed by atoms with Gasteiger partial charge in [-0.3, -0.25) is 28.6 Å². The molecule has 12 heteroatoms. The Morgan fingerprint density at radius 3 is 1.69 bits per heavy atom. The number of para-hydroxylation sites is 1. The fourth-order valence-electron chi connectivity index (χ4n) is 3.43. The van der Waals surface area contributed by atoms with Crippen LogP contribution in [0.5, 0.6) is 0 Å². The van der Waals surface area contributed by atoms with Crippen LogP contribution in [-0.2, 0) is 33.1 Å². The number of non-ortho nitro benzene ring substituents is 1. The normalized spacial score (nSPS) is 12.4. The molecular formula is C30H24F2N2O6S2. The maximum absolute atomic E-state index is 12.8. The fraction of sp³-hybridized carbons (Fsp3) is 0.0667. The first kappa shape index (κ1) is 31.8. The molecule has 2 atom stereocenters. The molecule has 0 radical (unpaired) electrons. The Balaban J connectivity index is 0.000000230. The molecular weight excluding hydrogens is 586 g/mol. The summed E-state index contributed by atoms with van der Waals surface area (Å²) in [4.78, 5) is 20.5. The second kappa shape index (κ2) is 15.9. The fourth-order valence-corrected chi connectivity index (χ4v) is 5.27. The SMILES string of the molecule is O=[N+]([O-])c1cccc(C=CS(=O)Cc2ccc(F)cc2)c1.O=[N+]([O-])c1ccccc1/C=C/S(=O)Cc1ccc(F)cc1. The van der Waals surface area contributed by atoms with Crippen LogP contribution in [-0.4, -0.2) is 18.3 Å².